The van der Waals surface area contributed by atoms with E-state index in [-0.39, 0.29) is 24.8 Å². The van der Waals surface area contributed by atoms with Crippen molar-refractivity contribution in [3.63, 3.8) is 0 Å². The average molecular weight is 488 g/mol. The van der Waals surface area contributed by atoms with Gasteiger partial charge in [-0.2, -0.15) is 0 Å². The Morgan fingerprint density at radius 1 is 0.971 bits per heavy atom. The highest BCUT2D eigenvalue weighted by Gasteiger charge is 2.28. The van der Waals surface area contributed by atoms with Crippen LogP contribution in [0.15, 0.2) is 42.5 Å². The molecule has 0 saturated carbocycles. The SMILES string of the molecule is CC[C@H](C(=O)NC)N(Cc1ccc(C)cc1)C(=O)CCCN(c1cc(C)cc(C)c1)S(C)(=O)=O. The highest BCUT2D eigenvalue weighted by Crippen LogP contribution is 2.22. The fraction of sp³-hybridized carbons (Fsp3) is 0.462. The van der Waals surface area contributed by atoms with Crippen molar-refractivity contribution in [3.05, 3.63) is 64.7 Å². The normalized spacial score (nSPS) is 12.2. The molecule has 2 rings (SSSR count). The van der Waals surface area contributed by atoms with Crippen molar-refractivity contribution in [2.75, 3.05) is 24.2 Å². The highest BCUT2D eigenvalue weighted by molar-refractivity contribution is 7.92. The molecule has 0 saturated heterocycles. The van der Waals surface area contributed by atoms with E-state index in [2.05, 4.69) is 5.32 Å². The van der Waals surface area contributed by atoms with Crippen LogP contribution in [0, 0.1) is 20.8 Å². The first-order valence-corrected chi connectivity index (χ1v) is 13.4. The van der Waals surface area contributed by atoms with Crippen LogP contribution in [0.2, 0.25) is 0 Å². The fourth-order valence-electron chi connectivity index (χ4n) is 4.07. The van der Waals surface area contributed by atoms with E-state index >= 15 is 0 Å². The zero-order valence-electron chi connectivity index (χ0n) is 21.1. The molecule has 0 aromatic heterocycles. The molecule has 1 atom stereocenters. The summed E-state index contributed by atoms with van der Waals surface area (Å²) in [7, 11) is -1.95. The van der Waals surface area contributed by atoms with Crippen LogP contribution in [-0.4, -0.2) is 51.0 Å². The van der Waals surface area contributed by atoms with E-state index in [1.54, 1.807) is 11.9 Å². The third kappa shape index (κ3) is 7.58. The topological polar surface area (TPSA) is 86.8 Å². The first kappa shape index (κ1) is 27.4. The van der Waals surface area contributed by atoms with Gasteiger partial charge in [0.15, 0.2) is 0 Å². The summed E-state index contributed by atoms with van der Waals surface area (Å²) in [4.78, 5) is 27.4. The lowest BCUT2D eigenvalue weighted by Gasteiger charge is -2.31. The lowest BCUT2D eigenvalue weighted by Crippen LogP contribution is -2.48. The number of carbonyl (C=O) groups is 2. The maximum absolute atomic E-state index is 13.3. The Kier molecular flexibility index (Phi) is 9.67. The molecule has 0 aliphatic rings. The zero-order chi connectivity index (χ0) is 25.5. The zero-order valence-corrected chi connectivity index (χ0v) is 21.9. The van der Waals surface area contributed by atoms with Crippen LogP contribution < -0.4 is 9.62 Å². The predicted octanol–water partition coefficient (Wildman–Crippen LogP) is 3.71. The van der Waals surface area contributed by atoms with Crippen molar-refractivity contribution >= 4 is 27.5 Å². The third-order valence-corrected chi connectivity index (χ3v) is 6.95. The number of aryl methyl sites for hydroxylation is 3. The smallest absolute Gasteiger partial charge is 0.242 e. The fourth-order valence-corrected chi connectivity index (χ4v) is 5.02. The Hall–Kier alpha value is -2.87. The van der Waals surface area contributed by atoms with Crippen LogP contribution in [0.25, 0.3) is 0 Å². The molecule has 0 aliphatic carbocycles. The lowest BCUT2D eigenvalue weighted by atomic mass is 10.1. The average Bonchev–Trinajstić information content (AvgIpc) is 2.75. The van der Waals surface area contributed by atoms with Crippen molar-refractivity contribution in [2.45, 2.75) is 59.5 Å². The summed E-state index contributed by atoms with van der Waals surface area (Å²) in [5, 5.41) is 2.65. The number of amides is 2. The van der Waals surface area contributed by atoms with Crippen molar-refractivity contribution in [2.24, 2.45) is 0 Å². The number of hydrogen-bond donors (Lipinski definition) is 1. The van der Waals surface area contributed by atoms with Gasteiger partial charge < -0.3 is 10.2 Å². The molecule has 34 heavy (non-hydrogen) atoms. The van der Waals surface area contributed by atoms with Crippen molar-refractivity contribution in [3.8, 4) is 0 Å². The van der Waals surface area contributed by atoms with Crippen LogP contribution in [0.5, 0.6) is 0 Å². The second-order valence-electron chi connectivity index (χ2n) is 8.83. The summed E-state index contributed by atoms with van der Waals surface area (Å²) in [6, 6.07) is 12.9. The van der Waals surface area contributed by atoms with Gasteiger partial charge in [0.2, 0.25) is 21.8 Å². The second kappa shape index (κ2) is 12.0. The minimum atomic E-state index is -3.52. The predicted molar refractivity (Wildman–Crippen MR) is 137 cm³/mol. The Morgan fingerprint density at radius 3 is 2.06 bits per heavy atom. The third-order valence-electron chi connectivity index (χ3n) is 5.75. The Balaban J connectivity index is 2.20. The summed E-state index contributed by atoms with van der Waals surface area (Å²) >= 11 is 0. The van der Waals surface area contributed by atoms with Crippen molar-refractivity contribution < 1.29 is 18.0 Å². The van der Waals surface area contributed by atoms with E-state index < -0.39 is 16.1 Å². The molecule has 0 spiro atoms. The quantitative estimate of drug-likeness (QED) is 0.523. The summed E-state index contributed by atoms with van der Waals surface area (Å²) in [6.07, 6.45) is 2.13. The summed E-state index contributed by atoms with van der Waals surface area (Å²) < 4.78 is 26.3. The Morgan fingerprint density at radius 2 is 1.56 bits per heavy atom. The number of nitrogens with zero attached hydrogens (tertiary/aromatic N) is 2. The molecule has 1 N–H and O–H groups in total. The number of sulfonamides is 1. The van der Waals surface area contributed by atoms with Gasteiger partial charge in [-0.25, -0.2) is 8.42 Å². The molecule has 7 nitrogen and oxygen atoms in total. The number of likely N-dealkylation sites (N-methyl/N-ethyl adjacent to an activating group) is 1. The van der Waals surface area contributed by atoms with E-state index in [9.17, 15) is 18.0 Å². The summed E-state index contributed by atoms with van der Waals surface area (Å²) in [5.74, 6) is -0.388. The van der Waals surface area contributed by atoms with Gasteiger partial charge in [-0.3, -0.25) is 13.9 Å². The molecule has 186 valence electrons. The van der Waals surface area contributed by atoms with Crippen LogP contribution in [0.3, 0.4) is 0 Å². The largest absolute Gasteiger partial charge is 0.357 e. The van der Waals surface area contributed by atoms with E-state index in [0.717, 1.165) is 22.3 Å². The number of hydrogen-bond acceptors (Lipinski definition) is 4. The first-order valence-electron chi connectivity index (χ1n) is 11.6. The summed E-state index contributed by atoms with van der Waals surface area (Å²) in [6.45, 7) is 8.22. The molecule has 0 radical (unpaired) electrons. The standard InChI is InChI=1S/C26H37N3O4S/c1-7-24(26(31)27-5)28(18-22-12-10-19(2)11-13-22)25(30)9-8-14-29(34(6,32)33)23-16-20(3)15-21(4)17-23/h10-13,15-17,24H,7-9,14,18H2,1-6H3,(H,27,31)/t24-/m1/s1. The molecule has 0 heterocycles. The molecule has 0 fully saturated rings. The van der Waals surface area contributed by atoms with Crippen molar-refractivity contribution in [1.82, 2.24) is 10.2 Å². The first-order chi connectivity index (χ1) is 16.0. The molecule has 0 aliphatic heterocycles. The molecule has 0 unspecified atom stereocenters. The number of benzene rings is 2. The van der Waals surface area contributed by atoms with Crippen LogP contribution >= 0.6 is 0 Å². The Bertz CT molecular complexity index is 1080. The number of anilines is 1. The minimum Gasteiger partial charge on any atom is -0.357 e. The number of nitrogens with one attached hydrogen (secondary N) is 1. The van der Waals surface area contributed by atoms with Gasteiger partial charge in [0, 0.05) is 26.6 Å². The molecule has 0 bridgehead atoms. The van der Waals surface area contributed by atoms with E-state index in [1.807, 2.05) is 70.2 Å². The maximum atomic E-state index is 13.3. The molecular formula is C26H37N3O4S. The van der Waals surface area contributed by atoms with Gasteiger partial charge in [-0.1, -0.05) is 42.8 Å². The minimum absolute atomic E-state index is 0.135. The second-order valence-corrected chi connectivity index (χ2v) is 10.7. The summed E-state index contributed by atoms with van der Waals surface area (Å²) in [5.41, 5.74) is 4.60. The number of rotatable bonds is 11. The van der Waals surface area contributed by atoms with Gasteiger partial charge >= 0.3 is 0 Å². The van der Waals surface area contributed by atoms with Gasteiger partial charge in [-0.15, -0.1) is 0 Å². The van der Waals surface area contributed by atoms with Gasteiger partial charge in [-0.05, 0) is 62.4 Å². The molecular weight excluding hydrogens is 450 g/mol. The van der Waals surface area contributed by atoms with Crippen LogP contribution in [-0.2, 0) is 26.2 Å². The maximum Gasteiger partial charge on any atom is 0.242 e. The van der Waals surface area contributed by atoms with Crippen LogP contribution in [0.1, 0.15) is 48.4 Å². The van der Waals surface area contributed by atoms with Crippen molar-refractivity contribution in [1.29, 1.82) is 0 Å². The monoisotopic (exact) mass is 487 g/mol. The molecule has 2 aromatic rings. The van der Waals surface area contributed by atoms with Gasteiger partial charge in [0.25, 0.3) is 0 Å². The Labute approximate surface area is 204 Å². The van der Waals surface area contributed by atoms with Crippen LogP contribution in [0.4, 0.5) is 5.69 Å². The lowest BCUT2D eigenvalue weighted by molar-refractivity contribution is -0.141. The van der Waals surface area contributed by atoms with E-state index in [0.29, 0.717) is 25.1 Å². The van der Waals surface area contributed by atoms with E-state index in [4.69, 9.17) is 0 Å². The van der Waals surface area contributed by atoms with Gasteiger partial charge in [0.1, 0.15) is 6.04 Å². The molecule has 8 heteroatoms. The number of carbonyl (C=O) groups excluding carboxylic acids is 2. The molecule has 2 amide bonds. The molecule has 2 aromatic carbocycles. The highest BCUT2D eigenvalue weighted by atomic mass is 32.2. The van der Waals surface area contributed by atoms with Gasteiger partial charge in [0.05, 0.1) is 11.9 Å². The van der Waals surface area contributed by atoms with E-state index in [1.165, 1.54) is 10.6 Å².